The van der Waals surface area contributed by atoms with E-state index in [4.69, 9.17) is 10.5 Å². The first-order valence-electron chi connectivity index (χ1n) is 11.0. The molecule has 1 heterocycles. The summed E-state index contributed by atoms with van der Waals surface area (Å²) in [6, 6.07) is 21.6. The number of carbonyl (C=O) groups excluding carboxylic acids is 2. The zero-order valence-corrected chi connectivity index (χ0v) is 18.3. The Morgan fingerprint density at radius 1 is 1.00 bits per heavy atom. The number of piperidine rings is 1. The summed E-state index contributed by atoms with van der Waals surface area (Å²) in [4.78, 5) is 28.5. The van der Waals surface area contributed by atoms with Gasteiger partial charge in [-0.3, -0.25) is 9.69 Å². The second kappa shape index (κ2) is 9.40. The quantitative estimate of drug-likeness (QED) is 0.459. The Balaban J connectivity index is 1.53. The van der Waals surface area contributed by atoms with Gasteiger partial charge in [0.05, 0.1) is 12.2 Å². The smallest absolute Gasteiger partial charge is 0.331 e. The second-order valence-corrected chi connectivity index (χ2v) is 8.31. The molecule has 0 aliphatic carbocycles. The van der Waals surface area contributed by atoms with Gasteiger partial charge in [-0.05, 0) is 48.2 Å². The van der Waals surface area contributed by atoms with Crippen LogP contribution < -0.4 is 11.1 Å². The van der Waals surface area contributed by atoms with E-state index in [0.717, 1.165) is 17.3 Å². The first-order valence-corrected chi connectivity index (χ1v) is 11.0. The number of ether oxygens (including phenoxy) is 1. The van der Waals surface area contributed by atoms with Gasteiger partial charge in [0, 0.05) is 25.3 Å². The number of rotatable bonds is 6. The van der Waals surface area contributed by atoms with E-state index in [-0.39, 0.29) is 18.5 Å². The Bertz CT molecular complexity index is 1110. The first kappa shape index (κ1) is 21.8. The van der Waals surface area contributed by atoms with Crippen LogP contribution in [-0.2, 0) is 16.1 Å². The van der Waals surface area contributed by atoms with Gasteiger partial charge in [-0.25, -0.2) is 4.79 Å². The van der Waals surface area contributed by atoms with Crippen molar-refractivity contribution >= 4 is 28.3 Å². The number of nitrogen functional groups attached to an aromatic ring is 1. The monoisotopic (exact) mass is 431 g/mol. The van der Waals surface area contributed by atoms with E-state index in [2.05, 4.69) is 22.3 Å². The third kappa shape index (κ3) is 4.60. The van der Waals surface area contributed by atoms with Gasteiger partial charge in [0.2, 0.25) is 0 Å². The Hall–Kier alpha value is -3.38. The van der Waals surface area contributed by atoms with Crippen LogP contribution in [0.25, 0.3) is 10.8 Å². The summed E-state index contributed by atoms with van der Waals surface area (Å²) in [5.74, 6) is -0.732. The molecule has 0 saturated carbocycles. The Labute approximate surface area is 188 Å². The van der Waals surface area contributed by atoms with E-state index in [1.165, 1.54) is 5.56 Å². The standard InChI is InChI=1S/C26H29N3O3/c1-2-32-25(31)26(12-14-29(15-13-26)18-19-8-4-3-5-9-19)28-24(30)22-16-20-10-6-7-11-21(20)17-23(22)27/h3-11,16-17H,2,12-15,18,27H2,1H3,(H,28,30). The lowest BCUT2D eigenvalue weighted by molar-refractivity contribution is -0.153. The van der Waals surface area contributed by atoms with Crippen molar-refractivity contribution in [2.45, 2.75) is 31.8 Å². The highest BCUT2D eigenvalue weighted by Crippen LogP contribution is 2.28. The molecule has 4 rings (SSSR count). The average Bonchev–Trinajstić information content (AvgIpc) is 2.80. The van der Waals surface area contributed by atoms with E-state index in [0.29, 0.717) is 37.2 Å². The maximum absolute atomic E-state index is 13.3. The summed E-state index contributed by atoms with van der Waals surface area (Å²) in [5, 5.41) is 4.90. The van der Waals surface area contributed by atoms with Crippen molar-refractivity contribution in [1.29, 1.82) is 0 Å². The molecule has 1 saturated heterocycles. The zero-order chi connectivity index (χ0) is 22.6. The number of amides is 1. The van der Waals surface area contributed by atoms with Gasteiger partial charge in [0.25, 0.3) is 5.91 Å². The van der Waals surface area contributed by atoms with Gasteiger partial charge in [0.1, 0.15) is 5.54 Å². The molecule has 0 spiro atoms. The number of nitrogens with two attached hydrogens (primary N) is 1. The van der Waals surface area contributed by atoms with Crippen molar-refractivity contribution in [2.75, 3.05) is 25.4 Å². The number of anilines is 1. The second-order valence-electron chi connectivity index (χ2n) is 8.31. The molecule has 1 fully saturated rings. The van der Waals surface area contributed by atoms with Gasteiger partial charge in [-0.2, -0.15) is 0 Å². The summed E-state index contributed by atoms with van der Waals surface area (Å²) >= 11 is 0. The molecule has 166 valence electrons. The Morgan fingerprint density at radius 2 is 1.62 bits per heavy atom. The van der Waals surface area contributed by atoms with Crippen LogP contribution in [0.1, 0.15) is 35.7 Å². The molecule has 1 aliphatic heterocycles. The van der Waals surface area contributed by atoms with Crippen LogP contribution in [0.4, 0.5) is 5.69 Å². The summed E-state index contributed by atoms with van der Waals surface area (Å²) in [7, 11) is 0. The molecule has 1 amide bonds. The van der Waals surface area contributed by atoms with Crippen LogP contribution in [0.2, 0.25) is 0 Å². The lowest BCUT2D eigenvalue weighted by atomic mass is 9.86. The highest BCUT2D eigenvalue weighted by Gasteiger charge is 2.44. The molecule has 0 radical (unpaired) electrons. The minimum atomic E-state index is -1.06. The molecule has 3 aromatic rings. The lowest BCUT2D eigenvalue weighted by Crippen LogP contribution is -2.60. The number of esters is 1. The van der Waals surface area contributed by atoms with Gasteiger partial charge in [-0.15, -0.1) is 0 Å². The first-order chi connectivity index (χ1) is 15.5. The third-order valence-electron chi connectivity index (χ3n) is 6.14. The van der Waals surface area contributed by atoms with E-state index in [9.17, 15) is 9.59 Å². The van der Waals surface area contributed by atoms with Crippen molar-refractivity contribution in [2.24, 2.45) is 0 Å². The van der Waals surface area contributed by atoms with Crippen LogP contribution in [0.3, 0.4) is 0 Å². The molecule has 1 aliphatic rings. The zero-order valence-electron chi connectivity index (χ0n) is 18.3. The Morgan fingerprint density at radius 3 is 2.28 bits per heavy atom. The predicted molar refractivity (Wildman–Crippen MR) is 126 cm³/mol. The number of fused-ring (bicyclic) bond motifs is 1. The number of benzene rings is 3. The van der Waals surface area contributed by atoms with Gasteiger partial charge in [-0.1, -0.05) is 54.6 Å². The molecule has 3 N–H and O–H groups in total. The van der Waals surface area contributed by atoms with Crippen LogP contribution >= 0.6 is 0 Å². The molecule has 0 atom stereocenters. The van der Waals surface area contributed by atoms with Gasteiger partial charge >= 0.3 is 5.97 Å². The molecule has 6 nitrogen and oxygen atoms in total. The highest BCUT2D eigenvalue weighted by atomic mass is 16.5. The predicted octanol–water partition coefficient (Wildman–Crippen LogP) is 3.75. The molecule has 32 heavy (non-hydrogen) atoms. The maximum Gasteiger partial charge on any atom is 0.331 e. The van der Waals surface area contributed by atoms with Crippen LogP contribution in [0.15, 0.2) is 66.7 Å². The van der Waals surface area contributed by atoms with E-state index >= 15 is 0 Å². The van der Waals surface area contributed by atoms with Crippen LogP contribution in [0, 0.1) is 0 Å². The molecular formula is C26H29N3O3. The fourth-order valence-corrected chi connectivity index (χ4v) is 4.32. The average molecular weight is 432 g/mol. The van der Waals surface area contributed by atoms with Crippen LogP contribution in [-0.4, -0.2) is 42.0 Å². The van der Waals surface area contributed by atoms with Crippen LogP contribution in [0.5, 0.6) is 0 Å². The van der Waals surface area contributed by atoms with E-state index < -0.39 is 5.54 Å². The largest absolute Gasteiger partial charge is 0.464 e. The SMILES string of the molecule is CCOC(=O)C1(NC(=O)c2cc3ccccc3cc2N)CCN(Cc2ccccc2)CC1. The fourth-order valence-electron chi connectivity index (χ4n) is 4.32. The summed E-state index contributed by atoms with van der Waals surface area (Å²) in [5.41, 5.74) is 7.13. The van der Waals surface area contributed by atoms with Crippen molar-refractivity contribution in [1.82, 2.24) is 10.2 Å². The molecule has 0 bridgehead atoms. The number of hydrogen-bond acceptors (Lipinski definition) is 5. The number of nitrogens with one attached hydrogen (secondary N) is 1. The summed E-state index contributed by atoms with van der Waals surface area (Å²) < 4.78 is 5.37. The maximum atomic E-state index is 13.3. The molecular weight excluding hydrogens is 402 g/mol. The number of carbonyl (C=O) groups is 2. The normalized spacial score (nSPS) is 15.9. The van der Waals surface area contributed by atoms with Crippen molar-refractivity contribution in [3.8, 4) is 0 Å². The topological polar surface area (TPSA) is 84.7 Å². The molecule has 3 aromatic carbocycles. The summed E-state index contributed by atoms with van der Waals surface area (Å²) in [6.07, 6.45) is 0.968. The van der Waals surface area contributed by atoms with Crippen molar-refractivity contribution in [3.63, 3.8) is 0 Å². The third-order valence-corrected chi connectivity index (χ3v) is 6.14. The van der Waals surface area contributed by atoms with Crippen molar-refractivity contribution in [3.05, 3.63) is 77.9 Å². The summed E-state index contributed by atoms with van der Waals surface area (Å²) in [6.45, 7) is 4.22. The molecule has 0 unspecified atom stereocenters. The fraction of sp³-hybridized carbons (Fsp3) is 0.308. The molecule has 0 aromatic heterocycles. The van der Waals surface area contributed by atoms with Gasteiger partial charge in [0.15, 0.2) is 0 Å². The number of hydrogen-bond donors (Lipinski definition) is 2. The number of nitrogens with zero attached hydrogens (tertiary/aromatic N) is 1. The molecule has 6 heteroatoms. The van der Waals surface area contributed by atoms with E-state index in [1.54, 1.807) is 19.1 Å². The van der Waals surface area contributed by atoms with Gasteiger partial charge < -0.3 is 15.8 Å². The van der Waals surface area contributed by atoms with E-state index in [1.807, 2.05) is 42.5 Å². The van der Waals surface area contributed by atoms with Crippen molar-refractivity contribution < 1.29 is 14.3 Å². The lowest BCUT2D eigenvalue weighted by Gasteiger charge is -2.40. The minimum absolute atomic E-state index is 0.266. The number of likely N-dealkylation sites (tertiary alicyclic amines) is 1. The Kier molecular flexibility index (Phi) is 6.42. The highest BCUT2D eigenvalue weighted by molar-refractivity contribution is 6.05. The minimum Gasteiger partial charge on any atom is -0.464 e.